The zero-order valence-corrected chi connectivity index (χ0v) is 17.6. The fourth-order valence-electron chi connectivity index (χ4n) is 5.34. The molecule has 2 aliphatic heterocycles. The number of carbonyl (C=O) groups is 1. The third-order valence-corrected chi connectivity index (χ3v) is 6.88. The van der Waals surface area contributed by atoms with E-state index >= 15 is 0 Å². The highest BCUT2D eigenvalue weighted by Gasteiger charge is 2.44. The number of allylic oxidation sites excluding steroid dienone is 1. The molecule has 1 atom stereocenters. The van der Waals surface area contributed by atoms with E-state index in [1.165, 1.54) is 0 Å². The SMILES string of the molecule is O=C1c2c(cccc2N2CC3=CC(F)(F)CC3C2)CN1CCc1ccc2ccccc2n1. The zero-order chi connectivity index (χ0) is 21.9. The van der Waals surface area contributed by atoms with Gasteiger partial charge in [0.2, 0.25) is 0 Å². The van der Waals surface area contributed by atoms with Crippen LogP contribution in [0.4, 0.5) is 14.5 Å². The van der Waals surface area contributed by atoms with Crippen LogP contribution in [0.2, 0.25) is 0 Å². The zero-order valence-electron chi connectivity index (χ0n) is 17.6. The highest BCUT2D eigenvalue weighted by atomic mass is 19.3. The number of hydrogen-bond acceptors (Lipinski definition) is 3. The van der Waals surface area contributed by atoms with Gasteiger partial charge in [0.1, 0.15) is 0 Å². The summed E-state index contributed by atoms with van der Waals surface area (Å²) < 4.78 is 27.4. The number of fused-ring (bicyclic) bond motifs is 3. The third-order valence-electron chi connectivity index (χ3n) is 6.88. The molecule has 6 heteroatoms. The Balaban J connectivity index is 1.20. The number of alkyl halides is 2. The number of pyridine rings is 1. The van der Waals surface area contributed by atoms with Crippen molar-refractivity contribution in [2.75, 3.05) is 24.5 Å². The molecule has 1 amide bonds. The van der Waals surface area contributed by atoms with E-state index in [9.17, 15) is 13.6 Å². The molecular formula is C26H23F2N3O. The summed E-state index contributed by atoms with van der Waals surface area (Å²) in [5, 5.41) is 1.11. The van der Waals surface area contributed by atoms with E-state index < -0.39 is 5.92 Å². The van der Waals surface area contributed by atoms with Crippen molar-refractivity contribution < 1.29 is 13.6 Å². The molecular weight excluding hydrogens is 408 g/mol. The van der Waals surface area contributed by atoms with Gasteiger partial charge in [-0.3, -0.25) is 9.78 Å². The third kappa shape index (κ3) is 3.25. The van der Waals surface area contributed by atoms with E-state index in [0.717, 1.165) is 45.1 Å². The number of hydrogen-bond donors (Lipinski definition) is 0. The second kappa shape index (κ2) is 7.12. The van der Waals surface area contributed by atoms with E-state index in [-0.39, 0.29) is 18.2 Å². The van der Waals surface area contributed by atoms with Crippen LogP contribution in [0.1, 0.15) is 28.0 Å². The first-order valence-electron chi connectivity index (χ1n) is 11.1. The fourth-order valence-corrected chi connectivity index (χ4v) is 5.34. The Morgan fingerprint density at radius 2 is 1.91 bits per heavy atom. The number of aromatic nitrogens is 1. The van der Waals surface area contributed by atoms with Crippen molar-refractivity contribution in [3.8, 4) is 0 Å². The first-order chi connectivity index (χ1) is 15.5. The van der Waals surface area contributed by atoms with Gasteiger partial charge in [-0.25, -0.2) is 8.78 Å². The van der Waals surface area contributed by atoms with Gasteiger partial charge in [-0.15, -0.1) is 0 Å². The van der Waals surface area contributed by atoms with Crippen molar-refractivity contribution in [1.82, 2.24) is 9.88 Å². The van der Waals surface area contributed by atoms with Gasteiger partial charge in [-0.05, 0) is 35.4 Å². The van der Waals surface area contributed by atoms with Crippen molar-refractivity contribution in [3.63, 3.8) is 0 Å². The average molecular weight is 431 g/mol. The quantitative estimate of drug-likeness (QED) is 0.555. The molecule has 0 bridgehead atoms. The molecule has 1 aliphatic carbocycles. The van der Waals surface area contributed by atoms with Crippen molar-refractivity contribution in [1.29, 1.82) is 0 Å². The molecule has 1 fully saturated rings. The van der Waals surface area contributed by atoms with Crippen LogP contribution in [-0.4, -0.2) is 41.3 Å². The molecule has 162 valence electrons. The van der Waals surface area contributed by atoms with Crippen LogP contribution in [0, 0.1) is 5.92 Å². The van der Waals surface area contributed by atoms with Crippen LogP contribution in [0.15, 0.2) is 66.2 Å². The minimum absolute atomic E-state index is 0.0211. The Labute approximate surface area is 185 Å². The van der Waals surface area contributed by atoms with E-state index in [4.69, 9.17) is 4.98 Å². The van der Waals surface area contributed by atoms with Crippen LogP contribution in [0.3, 0.4) is 0 Å². The lowest BCUT2D eigenvalue weighted by Crippen LogP contribution is -2.28. The van der Waals surface area contributed by atoms with Gasteiger partial charge in [0, 0.05) is 56.0 Å². The Morgan fingerprint density at radius 1 is 1.03 bits per heavy atom. The fraction of sp³-hybridized carbons (Fsp3) is 0.308. The summed E-state index contributed by atoms with van der Waals surface area (Å²) in [7, 11) is 0. The molecule has 6 rings (SSSR count). The van der Waals surface area contributed by atoms with Gasteiger partial charge >= 0.3 is 0 Å². The minimum Gasteiger partial charge on any atom is -0.366 e. The number of amides is 1. The van der Waals surface area contributed by atoms with Crippen LogP contribution in [0.5, 0.6) is 0 Å². The van der Waals surface area contributed by atoms with Crippen LogP contribution in [0.25, 0.3) is 10.9 Å². The lowest BCUT2D eigenvalue weighted by atomic mass is 10.1. The first kappa shape index (κ1) is 19.4. The van der Waals surface area contributed by atoms with E-state index in [2.05, 4.69) is 11.0 Å². The maximum absolute atomic E-state index is 13.7. The smallest absolute Gasteiger partial charge is 0.267 e. The summed E-state index contributed by atoms with van der Waals surface area (Å²) in [4.78, 5) is 22.0. The molecule has 0 spiro atoms. The van der Waals surface area contributed by atoms with Gasteiger partial charge in [0.05, 0.1) is 16.8 Å². The van der Waals surface area contributed by atoms with Gasteiger partial charge in [0.25, 0.3) is 11.8 Å². The largest absolute Gasteiger partial charge is 0.366 e. The topological polar surface area (TPSA) is 36.4 Å². The number of para-hydroxylation sites is 1. The van der Waals surface area contributed by atoms with Gasteiger partial charge in [-0.1, -0.05) is 36.4 Å². The average Bonchev–Trinajstić information content (AvgIpc) is 3.40. The van der Waals surface area contributed by atoms with Crippen molar-refractivity contribution in [2.24, 2.45) is 5.92 Å². The highest BCUT2D eigenvalue weighted by Crippen LogP contribution is 2.44. The van der Waals surface area contributed by atoms with Crippen molar-refractivity contribution >= 4 is 22.5 Å². The maximum Gasteiger partial charge on any atom is 0.267 e. The molecule has 0 N–H and O–H groups in total. The Hall–Kier alpha value is -3.28. The van der Waals surface area contributed by atoms with Crippen LogP contribution in [-0.2, 0) is 13.0 Å². The monoisotopic (exact) mass is 431 g/mol. The predicted molar refractivity (Wildman–Crippen MR) is 120 cm³/mol. The van der Waals surface area contributed by atoms with Gasteiger partial charge in [0.15, 0.2) is 0 Å². The molecule has 3 heterocycles. The van der Waals surface area contributed by atoms with E-state index in [0.29, 0.717) is 32.6 Å². The van der Waals surface area contributed by atoms with Crippen LogP contribution >= 0.6 is 0 Å². The van der Waals surface area contributed by atoms with Crippen molar-refractivity contribution in [2.45, 2.75) is 25.3 Å². The molecule has 3 aliphatic rings. The van der Waals surface area contributed by atoms with E-state index in [1.807, 2.05) is 53.4 Å². The number of rotatable bonds is 4. The second-order valence-corrected chi connectivity index (χ2v) is 9.05. The Morgan fingerprint density at radius 3 is 2.78 bits per heavy atom. The molecule has 1 saturated heterocycles. The molecule has 1 unspecified atom stereocenters. The molecule has 32 heavy (non-hydrogen) atoms. The van der Waals surface area contributed by atoms with Crippen molar-refractivity contribution in [3.05, 3.63) is 83.1 Å². The lowest BCUT2D eigenvalue weighted by molar-refractivity contribution is 0.0467. The number of benzene rings is 2. The van der Waals surface area contributed by atoms with Gasteiger partial charge in [-0.2, -0.15) is 0 Å². The standard InChI is InChI=1S/C26H23F2N3O/c27-26(28)12-19-15-31(16-20(19)13-26)23-7-3-5-18-14-30(25(32)24(18)23)11-10-21-9-8-17-4-1-2-6-22(17)29-21/h1-9,12,20H,10-11,13-16H2. The van der Waals surface area contributed by atoms with Crippen LogP contribution < -0.4 is 4.90 Å². The summed E-state index contributed by atoms with van der Waals surface area (Å²) >= 11 is 0. The normalized spacial score (nSPS) is 21.2. The number of halogens is 2. The summed E-state index contributed by atoms with van der Waals surface area (Å²) in [6.45, 7) is 2.20. The Kier molecular flexibility index (Phi) is 4.32. The number of carbonyl (C=O) groups excluding carboxylic acids is 1. The molecule has 0 radical (unpaired) electrons. The number of anilines is 1. The molecule has 0 saturated carbocycles. The lowest BCUT2D eigenvalue weighted by Gasteiger charge is -2.22. The van der Waals surface area contributed by atoms with Gasteiger partial charge < -0.3 is 9.80 Å². The molecule has 4 nitrogen and oxygen atoms in total. The predicted octanol–water partition coefficient (Wildman–Crippen LogP) is 4.83. The first-order valence-corrected chi connectivity index (χ1v) is 11.1. The summed E-state index contributed by atoms with van der Waals surface area (Å²) in [6.07, 6.45) is 1.70. The molecule has 2 aromatic carbocycles. The summed E-state index contributed by atoms with van der Waals surface area (Å²) in [6, 6.07) is 18.0. The summed E-state index contributed by atoms with van der Waals surface area (Å²) in [5.41, 5.74) is 5.34. The maximum atomic E-state index is 13.7. The Bertz CT molecular complexity index is 1270. The molecule has 3 aromatic rings. The second-order valence-electron chi connectivity index (χ2n) is 9.05. The minimum atomic E-state index is -2.69. The van der Waals surface area contributed by atoms with E-state index in [1.54, 1.807) is 0 Å². The highest BCUT2D eigenvalue weighted by molar-refractivity contribution is 6.03. The number of nitrogens with zero attached hydrogens (tertiary/aromatic N) is 3. The summed E-state index contributed by atoms with van der Waals surface area (Å²) in [5.74, 6) is -2.78. The molecule has 1 aromatic heterocycles.